The molecule has 33 heavy (non-hydrogen) atoms. The molecule has 3 rings (SSSR count). The predicted molar refractivity (Wildman–Crippen MR) is 126 cm³/mol. The Labute approximate surface area is 191 Å². The van der Waals surface area contributed by atoms with Crippen molar-refractivity contribution >= 4 is 29.6 Å². The monoisotopic (exact) mass is 444 g/mol. The van der Waals surface area contributed by atoms with Crippen LogP contribution in [0.2, 0.25) is 0 Å². The van der Waals surface area contributed by atoms with Gasteiger partial charge in [-0.1, -0.05) is 60.7 Å². The van der Waals surface area contributed by atoms with Crippen molar-refractivity contribution in [1.29, 1.82) is 0 Å². The summed E-state index contributed by atoms with van der Waals surface area (Å²) >= 11 is 0. The van der Waals surface area contributed by atoms with Crippen LogP contribution in [-0.4, -0.2) is 37.1 Å². The number of hydrogen-bond donors (Lipinski definition) is 3. The van der Waals surface area contributed by atoms with E-state index in [0.717, 1.165) is 5.56 Å². The van der Waals surface area contributed by atoms with E-state index >= 15 is 0 Å². The first-order valence-corrected chi connectivity index (χ1v) is 10.3. The number of amides is 3. The lowest BCUT2D eigenvalue weighted by Crippen LogP contribution is -2.38. The summed E-state index contributed by atoms with van der Waals surface area (Å²) in [6.07, 6.45) is 1.96. The first kappa shape index (κ1) is 23.2. The van der Waals surface area contributed by atoms with E-state index in [1.54, 1.807) is 36.4 Å². The van der Waals surface area contributed by atoms with Gasteiger partial charge in [0.2, 0.25) is 0 Å². The van der Waals surface area contributed by atoms with Crippen LogP contribution in [0.1, 0.15) is 11.1 Å². The van der Waals surface area contributed by atoms with Crippen molar-refractivity contribution in [1.82, 2.24) is 10.7 Å². The molecule has 0 atom stereocenters. The second kappa shape index (κ2) is 12.4. The number of carbonyl (C=O) groups is 3. The average Bonchev–Trinajstić information content (AvgIpc) is 2.84. The van der Waals surface area contributed by atoms with E-state index in [-0.39, 0.29) is 12.5 Å². The van der Waals surface area contributed by atoms with Gasteiger partial charge in [-0.15, -0.1) is 0 Å². The number of rotatable bonds is 9. The second-order valence-corrected chi connectivity index (χ2v) is 6.93. The summed E-state index contributed by atoms with van der Waals surface area (Å²) in [6.45, 7) is 0.137. The van der Waals surface area contributed by atoms with E-state index in [0.29, 0.717) is 30.0 Å². The fourth-order valence-corrected chi connectivity index (χ4v) is 2.84. The molecule has 0 aliphatic rings. The summed E-state index contributed by atoms with van der Waals surface area (Å²) < 4.78 is 5.58. The molecular formula is C25H24N4O4. The Kier molecular flexibility index (Phi) is 8.73. The third-order valence-electron chi connectivity index (χ3n) is 4.45. The van der Waals surface area contributed by atoms with Gasteiger partial charge in [0.15, 0.2) is 6.61 Å². The van der Waals surface area contributed by atoms with Crippen molar-refractivity contribution < 1.29 is 19.1 Å². The highest BCUT2D eigenvalue weighted by Gasteiger charge is 2.12. The first-order chi connectivity index (χ1) is 16.1. The first-order valence-electron chi connectivity index (χ1n) is 10.3. The molecule has 3 N–H and O–H groups in total. The van der Waals surface area contributed by atoms with E-state index < -0.39 is 11.8 Å². The fourth-order valence-electron chi connectivity index (χ4n) is 2.84. The minimum atomic E-state index is -0.875. The minimum absolute atomic E-state index is 0.198. The normalized spacial score (nSPS) is 10.4. The molecule has 0 spiro atoms. The number of para-hydroxylation sites is 2. The molecule has 0 saturated heterocycles. The molecule has 8 nitrogen and oxygen atoms in total. The van der Waals surface area contributed by atoms with Gasteiger partial charge in [-0.3, -0.25) is 14.4 Å². The molecule has 0 saturated carbocycles. The van der Waals surface area contributed by atoms with E-state index in [2.05, 4.69) is 21.2 Å². The number of nitrogens with one attached hydrogen (secondary N) is 3. The van der Waals surface area contributed by atoms with Crippen molar-refractivity contribution in [2.24, 2.45) is 5.10 Å². The molecule has 0 heterocycles. The SMILES string of the molecule is O=C(COc1ccccc1/C=N\NC(=O)C(=O)NCCc1ccccc1)Nc1ccccc1. The standard InChI is InChI=1S/C25H24N4O4/c30-23(28-21-12-5-2-6-13-21)18-33-22-14-8-7-11-20(22)17-27-29-25(32)24(31)26-16-15-19-9-3-1-4-10-19/h1-14,17H,15-16,18H2,(H,26,31)(H,28,30)(H,29,32)/b27-17-. The topological polar surface area (TPSA) is 109 Å². The van der Waals surface area contributed by atoms with Crippen molar-refractivity contribution in [3.05, 3.63) is 96.1 Å². The molecule has 168 valence electrons. The molecule has 3 amide bonds. The molecule has 0 unspecified atom stereocenters. The molecule has 0 fully saturated rings. The van der Waals surface area contributed by atoms with Crippen LogP contribution in [-0.2, 0) is 20.8 Å². The number of hydrazone groups is 1. The summed E-state index contributed by atoms with van der Waals surface area (Å²) in [6, 6.07) is 25.6. The van der Waals surface area contributed by atoms with Gasteiger partial charge in [0.1, 0.15) is 5.75 Å². The largest absolute Gasteiger partial charge is 0.483 e. The maximum Gasteiger partial charge on any atom is 0.329 e. The lowest BCUT2D eigenvalue weighted by molar-refractivity contribution is -0.139. The molecule has 0 bridgehead atoms. The van der Waals surface area contributed by atoms with Gasteiger partial charge in [-0.25, -0.2) is 5.43 Å². The van der Waals surface area contributed by atoms with Gasteiger partial charge in [0.25, 0.3) is 5.91 Å². The minimum Gasteiger partial charge on any atom is -0.483 e. The maximum atomic E-state index is 12.1. The molecule has 0 radical (unpaired) electrons. The summed E-state index contributed by atoms with van der Waals surface area (Å²) in [4.78, 5) is 35.9. The highest BCUT2D eigenvalue weighted by atomic mass is 16.5. The summed E-state index contributed by atoms with van der Waals surface area (Å²) in [5, 5.41) is 9.10. The molecule has 0 aromatic heterocycles. The van der Waals surface area contributed by atoms with E-state index in [1.165, 1.54) is 6.21 Å². The predicted octanol–water partition coefficient (Wildman–Crippen LogP) is 2.51. The third-order valence-corrected chi connectivity index (χ3v) is 4.45. The van der Waals surface area contributed by atoms with Crippen LogP contribution in [0.25, 0.3) is 0 Å². The Hall–Kier alpha value is -4.46. The Morgan fingerprint density at radius 2 is 1.48 bits per heavy atom. The molecule has 3 aromatic rings. The van der Waals surface area contributed by atoms with Crippen molar-refractivity contribution in [2.75, 3.05) is 18.5 Å². The quantitative estimate of drug-likeness (QED) is 0.268. The van der Waals surface area contributed by atoms with Crippen molar-refractivity contribution in [3.63, 3.8) is 0 Å². The zero-order valence-electron chi connectivity index (χ0n) is 17.9. The van der Waals surface area contributed by atoms with Gasteiger partial charge in [-0.05, 0) is 36.2 Å². The Bertz CT molecular complexity index is 1100. The highest BCUT2D eigenvalue weighted by molar-refractivity contribution is 6.35. The second-order valence-electron chi connectivity index (χ2n) is 6.93. The number of anilines is 1. The van der Waals surface area contributed by atoms with Crippen LogP contribution in [0.15, 0.2) is 90.0 Å². The van der Waals surface area contributed by atoms with Crippen molar-refractivity contribution in [2.45, 2.75) is 6.42 Å². The number of benzene rings is 3. The average molecular weight is 444 g/mol. The molecule has 8 heteroatoms. The maximum absolute atomic E-state index is 12.1. The van der Waals surface area contributed by atoms with E-state index in [4.69, 9.17) is 4.74 Å². The molecular weight excluding hydrogens is 420 g/mol. The van der Waals surface area contributed by atoms with Gasteiger partial charge in [0, 0.05) is 17.8 Å². The lowest BCUT2D eigenvalue weighted by atomic mass is 10.1. The van der Waals surface area contributed by atoms with Crippen molar-refractivity contribution in [3.8, 4) is 5.75 Å². The molecule has 0 aliphatic heterocycles. The Balaban J connectivity index is 1.45. The third kappa shape index (κ3) is 7.95. The van der Waals surface area contributed by atoms with Gasteiger partial charge >= 0.3 is 11.8 Å². The smallest absolute Gasteiger partial charge is 0.329 e. The number of ether oxygens (including phenoxy) is 1. The Morgan fingerprint density at radius 3 is 2.24 bits per heavy atom. The zero-order chi connectivity index (χ0) is 23.3. The zero-order valence-corrected chi connectivity index (χ0v) is 17.9. The number of nitrogens with zero attached hydrogens (tertiary/aromatic N) is 1. The van der Waals surface area contributed by atoms with Crippen LogP contribution in [0, 0.1) is 0 Å². The van der Waals surface area contributed by atoms with E-state index in [9.17, 15) is 14.4 Å². The molecule has 3 aromatic carbocycles. The van der Waals surface area contributed by atoms with Crippen LogP contribution in [0.4, 0.5) is 5.69 Å². The van der Waals surface area contributed by atoms with E-state index in [1.807, 2.05) is 48.5 Å². The Morgan fingerprint density at radius 1 is 0.818 bits per heavy atom. The van der Waals surface area contributed by atoms with Crippen LogP contribution >= 0.6 is 0 Å². The summed E-state index contributed by atoms with van der Waals surface area (Å²) in [5.41, 5.74) is 4.46. The fraction of sp³-hybridized carbons (Fsp3) is 0.120. The van der Waals surface area contributed by atoms with Gasteiger partial charge < -0.3 is 15.4 Å². The molecule has 0 aliphatic carbocycles. The van der Waals surface area contributed by atoms with Gasteiger partial charge in [0.05, 0.1) is 6.21 Å². The number of hydrogen-bond acceptors (Lipinski definition) is 5. The van der Waals surface area contributed by atoms with Crippen LogP contribution in [0.5, 0.6) is 5.75 Å². The van der Waals surface area contributed by atoms with Crippen LogP contribution in [0.3, 0.4) is 0 Å². The van der Waals surface area contributed by atoms with Gasteiger partial charge in [-0.2, -0.15) is 5.10 Å². The van der Waals surface area contributed by atoms with Crippen LogP contribution < -0.4 is 20.8 Å². The number of carbonyl (C=O) groups excluding carboxylic acids is 3. The summed E-state index contributed by atoms with van der Waals surface area (Å²) in [5.74, 6) is -1.55. The highest BCUT2D eigenvalue weighted by Crippen LogP contribution is 2.16. The summed E-state index contributed by atoms with van der Waals surface area (Å²) in [7, 11) is 0. The lowest BCUT2D eigenvalue weighted by Gasteiger charge is -2.09.